The van der Waals surface area contributed by atoms with Gasteiger partial charge < -0.3 is 4.74 Å². The Bertz CT molecular complexity index is 586. The van der Waals surface area contributed by atoms with Gasteiger partial charge in [0.05, 0.1) is 12.7 Å². The lowest BCUT2D eigenvalue weighted by atomic mass is 10.1. The van der Waals surface area contributed by atoms with Crippen molar-refractivity contribution in [2.75, 3.05) is 7.11 Å². The smallest absolute Gasteiger partial charge is 0.433 e. The highest BCUT2D eigenvalue weighted by Crippen LogP contribution is 2.37. The van der Waals surface area contributed by atoms with Gasteiger partial charge in [-0.05, 0) is 23.9 Å². The standard InChI is InChI=1S/C12H13F3N2OS/c1-7-4-5-19-9(7)6-8-10(12(13,14)15)17(2)16-11(8)18-3/h4-5H,6H2,1-3H3. The molecule has 0 saturated heterocycles. The lowest BCUT2D eigenvalue weighted by Gasteiger charge is -2.09. The van der Waals surface area contributed by atoms with Gasteiger partial charge in [0.15, 0.2) is 0 Å². The van der Waals surface area contributed by atoms with E-state index in [4.69, 9.17) is 4.74 Å². The molecule has 7 heteroatoms. The van der Waals surface area contributed by atoms with Crippen molar-refractivity contribution in [3.8, 4) is 5.88 Å². The highest BCUT2D eigenvalue weighted by atomic mass is 32.1. The number of methoxy groups -OCH3 is 1. The molecule has 0 unspecified atom stereocenters. The SMILES string of the molecule is COc1nn(C)c(C(F)(F)F)c1Cc1sccc1C. The zero-order chi connectivity index (χ0) is 14.2. The molecule has 0 N–H and O–H groups in total. The molecule has 2 heterocycles. The van der Waals surface area contributed by atoms with E-state index in [1.807, 2.05) is 18.4 Å². The molecular formula is C12H13F3N2OS. The lowest BCUT2D eigenvalue weighted by Crippen LogP contribution is -2.14. The molecule has 0 aromatic carbocycles. The van der Waals surface area contributed by atoms with E-state index in [-0.39, 0.29) is 17.9 Å². The normalized spacial score (nSPS) is 11.9. The van der Waals surface area contributed by atoms with Crippen LogP contribution in [0.25, 0.3) is 0 Å². The van der Waals surface area contributed by atoms with E-state index in [1.165, 1.54) is 25.5 Å². The van der Waals surface area contributed by atoms with Crippen LogP contribution in [0.15, 0.2) is 11.4 Å². The Labute approximate surface area is 112 Å². The Hall–Kier alpha value is -1.50. The van der Waals surface area contributed by atoms with E-state index in [2.05, 4.69) is 5.10 Å². The Balaban J connectivity index is 2.51. The highest BCUT2D eigenvalue weighted by molar-refractivity contribution is 7.10. The minimum absolute atomic E-state index is 0.0302. The average molecular weight is 290 g/mol. The van der Waals surface area contributed by atoms with Crippen molar-refractivity contribution in [2.24, 2.45) is 7.05 Å². The zero-order valence-corrected chi connectivity index (χ0v) is 11.5. The number of alkyl halides is 3. The summed E-state index contributed by atoms with van der Waals surface area (Å²) in [6.45, 7) is 1.88. The van der Waals surface area contributed by atoms with Crippen LogP contribution >= 0.6 is 11.3 Å². The molecule has 2 rings (SSSR count). The molecule has 0 aliphatic heterocycles. The van der Waals surface area contributed by atoms with Crippen LogP contribution in [-0.4, -0.2) is 16.9 Å². The summed E-state index contributed by atoms with van der Waals surface area (Å²) in [5.41, 5.74) is 0.309. The largest absolute Gasteiger partial charge is 0.480 e. The predicted molar refractivity (Wildman–Crippen MR) is 66.6 cm³/mol. The number of ether oxygens (including phenoxy) is 1. The molecule has 0 saturated carbocycles. The topological polar surface area (TPSA) is 27.1 Å². The molecule has 19 heavy (non-hydrogen) atoms. The third kappa shape index (κ3) is 2.60. The zero-order valence-electron chi connectivity index (χ0n) is 10.7. The first kappa shape index (κ1) is 13.9. The molecule has 2 aromatic heterocycles. The quantitative estimate of drug-likeness (QED) is 0.866. The second kappa shape index (κ2) is 4.88. The van der Waals surface area contributed by atoms with Crippen molar-refractivity contribution < 1.29 is 17.9 Å². The summed E-state index contributed by atoms with van der Waals surface area (Å²) in [7, 11) is 2.60. The third-order valence-corrected chi connectivity index (χ3v) is 3.90. The summed E-state index contributed by atoms with van der Waals surface area (Å²) >= 11 is 1.43. The highest BCUT2D eigenvalue weighted by Gasteiger charge is 2.39. The summed E-state index contributed by atoms with van der Waals surface area (Å²) in [5, 5.41) is 5.65. The fraction of sp³-hybridized carbons (Fsp3) is 0.417. The van der Waals surface area contributed by atoms with E-state index < -0.39 is 11.9 Å². The molecule has 0 bridgehead atoms. The number of aromatic nitrogens is 2. The second-order valence-corrected chi connectivity index (χ2v) is 5.16. The molecule has 0 spiro atoms. The van der Waals surface area contributed by atoms with Gasteiger partial charge in [0.1, 0.15) is 5.69 Å². The average Bonchev–Trinajstić information content (AvgIpc) is 2.83. The van der Waals surface area contributed by atoms with Gasteiger partial charge in [-0.25, -0.2) is 0 Å². The van der Waals surface area contributed by atoms with E-state index in [0.717, 1.165) is 15.1 Å². The van der Waals surface area contributed by atoms with E-state index >= 15 is 0 Å². The van der Waals surface area contributed by atoms with Crippen molar-refractivity contribution >= 4 is 11.3 Å². The maximum atomic E-state index is 13.1. The van der Waals surface area contributed by atoms with Crippen molar-refractivity contribution in [3.63, 3.8) is 0 Å². The van der Waals surface area contributed by atoms with Crippen LogP contribution in [0.2, 0.25) is 0 Å². The van der Waals surface area contributed by atoms with Gasteiger partial charge in [-0.1, -0.05) is 0 Å². The summed E-state index contributed by atoms with van der Waals surface area (Å²) in [4.78, 5) is 0.886. The summed E-state index contributed by atoms with van der Waals surface area (Å²) < 4.78 is 45.0. The van der Waals surface area contributed by atoms with Crippen LogP contribution in [0.1, 0.15) is 21.7 Å². The van der Waals surface area contributed by atoms with E-state index in [9.17, 15) is 13.2 Å². The van der Waals surface area contributed by atoms with Gasteiger partial charge in [-0.2, -0.15) is 13.2 Å². The molecule has 0 radical (unpaired) electrons. The number of thiophene rings is 1. The third-order valence-electron chi connectivity index (χ3n) is 2.88. The first-order valence-electron chi connectivity index (χ1n) is 5.54. The Kier molecular flexibility index (Phi) is 3.58. The fourth-order valence-electron chi connectivity index (χ4n) is 1.97. The van der Waals surface area contributed by atoms with E-state index in [0.29, 0.717) is 0 Å². The second-order valence-electron chi connectivity index (χ2n) is 4.16. The summed E-state index contributed by atoms with van der Waals surface area (Å²) in [6, 6.07) is 1.89. The number of nitrogens with zero attached hydrogens (tertiary/aromatic N) is 2. The monoisotopic (exact) mass is 290 g/mol. The maximum Gasteiger partial charge on any atom is 0.433 e. The van der Waals surface area contributed by atoms with Gasteiger partial charge in [0.2, 0.25) is 5.88 Å². The number of halogens is 3. The van der Waals surface area contributed by atoms with Gasteiger partial charge in [-0.15, -0.1) is 16.4 Å². The molecule has 2 aromatic rings. The molecule has 0 fully saturated rings. The minimum atomic E-state index is -4.45. The summed E-state index contributed by atoms with van der Waals surface area (Å²) in [6.07, 6.45) is -4.27. The van der Waals surface area contributed by atoms with Crippen LogP contribution in [-0.2, 0) is 19.6 Å². The number of aryl methyl sites for hydroxylation is 2. The lowest BCUT2D eigenvalue weighted by molar-refractivity contribution is -0.144. The number of rotatable bonds is 3. The van der Waals surface area contributed by atoms with Gasteiger partial charge in [0.25, 0.3) is 0 Å². The minimum Gasteiger partial charge on any atom is -0.480 e. The Morgan fingerprint density at radius 2 is 2.11 bits per heavy atom. The predicted octanol–water partition coefficient (Wildman–Crippen LogP) is 3.41. The molecule has 0 atom stereocenters. The van der Waals surface area contributed by atoms with Crippen LogP contribution in [0.5, 0.6) is 5.88 Å². The molecular weight excluding hydrogens is 277 g/mol. The van der Waals surface area contributed by atoms with Crippen molar-refractivity contribution in [1.29, 1.82) is 0 Å². The fourth-order valence-corrected chi connectivity index (χ4v) is 2.88. The summed E-state index contributed by atoms with van der Waals surface area (Å²) in [5.74, 6) is 0.0302. The Morgan fingerprint density at radius 3 is 2.58 bits per heavy atom. The number of hydrogen-bond donors (Lipinski definition) is 0. The molecule has 104 valence electrons. The van der Waals surface area contributed by atoms with Crippen LogP contribution in [0.3, 0.4) is 0 Å². The van der Waals surface area contributed by atoms with Crippen LogP contribution in [0, 0.1) is 6.92 Å². The van der Waals surface area contributed by atoms with Crippen LogP contribution < -0.4 is 4.74 Å². The Morgan fingerprint density at radius 1 is 1.42 bits per heavy atom. The number of hydrogen-bond acceptors (Lipinski definition) is 3. The van der Waals surface area contributed by atoms with Gasteiger partial charge >= 0.3 is 6.18 Å². The van der Waals surface area contributed by atoms with E-state index in [1.54, 1.807) is 0 Å². The van der Waals surface area contributed by atoms with Crippen molar-refractivity contribution in [2.45, 2.75) is 19.5 Å². The molecule has 0 aliphatic carbocycles. The van der Waals surface area contributed by atoms with Gasteiger partial charge in [-0.3, -0.25) is 4.68 Å². The van der Waals surface area contributed by atoms with Crippen molar-refractivity contribution in [3.05, 3.63) is 33.1 Å². The first-order valence-corrected chi connectivity index (χ1v) is 6.42. The maximum absolute atomic E-state index is 13.1. The van der Waals surface area contributed by atoms with Gasteiger partial charge in [0, 0.05) is 18.3 Å². The van der Waals surface area contributed by atoms with Crippen molar-refractivity contribution in [1.82, 2.24) is 9.78 Å². The first-order chi connectivity index (χ1) is 8.84. The molecule has 0 aliphatic rings. The molecule has 3 nitrogen and oxygen atoms in total. The van der Waals surface area contributed by atoms with Crippen LogP contribution in [0.4, 0.5) is 13.2 Å². The molecule has 0 amide bonds.